The molecule has 3 heteroatoms. The molecular formula is C5H14BNS. The molecule has 0 fully saturated rings. The van der Waals surface area contributed by atoms with Gasteiger partial charge in [-0.05, 0) is 33.1 Å². The minimum absolute atomic E-state index is 0.736. The maximum Gasteiger partial charge on any atom is 0.0799 e. The highest BCUT2D eigenvalue weighted by molar-refractivity contribution is 7.99. The van der Waals surface area contributed by atoms with Gasteiger partial charge in [-0.1, -0.05) is 0 Å². The summed E-state index contributed by atoms with van der Waals surface area (Å²) >= 11 is 1.63. The molecule has 0 aliphatic rings. The molecule has 0 aromatic rings. The highest BCUT2D eigenvalue weighted by Gasteiger charge is 1.58. The molecule has 0 saturated carbocycles. The number of hydrogen-bond acceptors (Lipinski definition) is 2. The van der Waals surface area contributed by atoms with E-state index in [0.717, 1.165) is 5.65 Å². The number of rotatable bonds is 1. The molecule has 0 saturated heterocycles. The predicted octanol–water partition coefficient (Wildman–Crippen LogP) is 0.653. The van der Waals surface area contributed by atoms with Crippen molar-refractivity contribution in [3.63, 3.8) is 0 Å². The van der Waals surface area contributed by atoms with E-state index in [9.17, 15) is 0 Å². The molecule has 0 aliphatic carbocycles. The van der Waals surface area contributed by atoms with Crippen LogP contribution < -0.4 is 0 Å². The molecule has 0 atom stereocenters. The zero-order valence-corrected chi connectivity index (χ0v) is 6.96. The molecule has 0 rings (SSSR count). The van der Waals surface area contributed by atoms with Crippen molar-refractivity contribution in [1.29, 1.82) is 0 Å². The van der Waals surface area contributed by atoms with Gasteiger partial charge in [0.1, 0.15) is 0 Å². The van der Waals surface area contributed by atoms with E-state index < -0.39 is 0 Å². The Kier molecular flexibility index (Phi) is 14.5. The standard InChI is InChI=1S/C3H9N.C2H5BS/c1-4(2)3;1-4-2-3/h1-3H3;2H2,1H3. The van der Waals surface area contributed by atoms with Gasteiger partial charge in [0.2, 0.25) is 0 Å². The first-order valence-corrected chi connectivity index (χ1v) is 3.84. The summed E-state index contributed by atoms with van der Waals surface area (Å²) in [6, 6.07) is 0. The van der Waals surface area contributed by atoms with Gasteiger partial charge in [0.15, 0.2) is 0 Å². The van der Waals surface area contributed by atoms with Crippen LogP contribution in [-0.4, -0.2) is 45.8 Å². The number of nitrogens with zero attached hydrogens (tertiary/aromatic N) is 1. The molecule has 0 heterocycles. The van der Waals surface area contributed by atoms with Crippen molar-refractivity contribution in [2.45, 2.75) is 0 Å². The van der Waals surface area contributed by atoms with Crippen molar-refractivity contribution in [2.24, 2.45) is 0 Å². The molecule has 0 bridgehead atoms. The fraction of sp³-hybridized carbons (Fsp3) is 1.00. The third-order valence-corrected chi connectivity index (χ3v) is 0.500. The van der Waals surface area contributed by atoms with Crippen molar-refractivity contribution in [3.8, 4) is 0 Å². The maximum atomic E-state index is 4.99. The first kappa shape index (κ1) is 11.2. The number of hydrogen-bond donors (Lipinski definition) is 0. The average Bonchev–Trinajstić information content (AvgIpc) is 1.65. The van der Waals surface area contributed by atoms with Crippen LogP contribution in [-0.2, 0) is 0 Å². The van der Waals surface area contributed by atoms with E-state index in [1.165, 1.54) is 0 Å². The first-order chi connectivity index (χ1) is 3.65. The highest BCUT2D eigenvalue weighted by atomic mass is 32.2. The fourth-order valence-corrected chi connectivity index (χ4v) is 0. The molecule has 1 nitrogen and oxygen atoms in total. The molecule has 0 aromatic heterocycles. The van der Waals surface area contributed by atoms with Crippen molar-refractivity contribution in [3.05, 3.63) is 0 Å². The van der Waals surface area contributed by atoms with Crippen LogP contribution in [0.25, 0.3) is 0 Å². The van der Waals surface area contributed by atoms with Crippen LogP contribution in [0.15, 0.2) is 0 Å². The zero-order valence-electron chi connectivity index (χ0n) is 6.14. The van der Waals surface area contributed by atoms with E-state index >= 15 is 0 Å². The molecule has 0 N–H and O–H groups in total. The Bertz CT molecular complexity index is 28.9. The van der Waals surface area contributed by atoms with Crippen molar-refractivity contribution < 1.29 is 0 Å². The van der Waals surface area contributed by atoms with E-state index in [1.54, 1.807) is 11.8 Å². The third kappa shape index (κ3) is 97.4. The van der Waals surface area contributed by atoms with Crippen molar-refractivity contribution in [1.82, 2.24) is 4.90 Å². The Hall–Kier alpha value is 0.375. The topological polar surface area (TPSA) is 3.24 Å². The SMILES string of the molecule is CN(C)C.[B]CSC. The highest BCUT2D eigenvalue weighted by Crippen LogP contribution is 1.80. The Morgan fingerprint density at radius 3 is 1.50 bits per heavy atom. The quantitative estimate of drug-likeness (QED) is 0.481. The average molecular weight is 131 g/mol. The van der Waals surface area contributed by atoms with Gasteiger partial charge in [-0.2, -0.15) is 11.8 Å². The molecule has 8 heavy (non-hydrogen) atoms. The lowest BCUT2D eigenvalue weighted by atomic mass is 10.2. The second-order valence-corrected chi connectivity index (χ2v) is 2.71. The van der Waals surface area contributed by atoms with E-state index in [4.69, 9.17) is 7.85 Å². The van der Waals surface area contributed by atoms with E-state index in [2.05, 4.69) is 0 Å². The van der Waals surface area contributed by atoms with Gasteiger partial charge in [0, 0.05) is 0 Å². The zero-order chi connectivity index (χ0) is 6.99. The second kappa shape index (κ2) is 10.4. The summed E-state index contributed by atoms with van der Waals surface area (Å²) in [5.74, 6) is 0. The van der Waals surface area contributed by atoms with Crippen molar-refractivity contribution in [2.75, 3.05) is 33.1 Å². The van der Waals surface area contributed by atoms with Gasteiger partial charge >= 0.3 is 0 Å². The van der Waals surface area contributed by atoms with Crippen LogP contribution in [0.5, 0.6) is 0 Å². The molecule has 48 valence electrons. The van der Waals surface area contributed by atoms with Crippen LogP contribution in [0, 0.1) is 0 Å². The summed E-state index contributed by atoms with van der Waals surface area (Å²) in [6.07, 6.45) is 1.97. The van der Waals surface area contributed by atoms with E-state index in [-0.39, 0.29) is 0 Å². The molecule has 0 aromatic carbocycles. The summed E-state index contributed by atoms with van der Waals surface area (Å²) in [5, 5.41) is 0. The Balaban J connectivity index is 0. The third-order valence-electron chi connectivity index (χ3n) is 0.167. The Morgan fingerprint density at radius 1 is 1.38 bits per heavy atom. The van der Waals surface area contributed by atoms with Crippen LogP contribution in [0.4, 0.5) is 0 Å². The summed E-state index contributed by atoms with van der Waals surface area (Å²) in [7, 11) is 11.0. The van der Waals surface area contributed by atoms with E-state index in [1.807, 2.05) is 32.3 Å². The summed E-state index contributed by atoms with van der Waals surface area (Å²) in [4.78, 5) is 2.00. The van der Waals surface area contributed by atoms with Gasteiger partial charge in [-0.3, -0.25) is 0 Å². The monoisotopic (exact) mass is 131 g/mol. The minimum atomic E-state index is 0.736. The lowest BCUT2D eigenvalue weighted by Gasteiger charge is -1.90. The van der Waals surface area contributed by atoms with Gasteiger partial charge < -0.3 is 4.90 Å². The van der Waals surface area contributed by atoms with Crippen LogP contribution in [0.1, 0.15) is 0 Å². The minimum Gasteiger partial charge on any atom is -0.312 e. The summed E-state index contributed by atoms with van der Waals surface area (Å²) in [6.45, 7) is 0. The Labute approximate surface area is 58.2 Å². The second-order valence-electron chi connectivity index (χ2n) is 1.80. The van der Waals surface area contributed by atoms with Gasteiger partial charge in [-0.15, -0.1) is 0 Å². The van der Waals surface area contributed by atoms with Gasteiger partial charge in [0.25, 0.3) is 0 Å². The lowest BCUT2D eigenvalue weighted by molar-refractivity contribution is 0.505. The smallest absolute Gasteiger partial charge is 0.0799 e. The predicted molar refractivity (Wildman–Crippen MR) is 43.7 cm³/mol. The molecule has 0 spiro atoms. The van der Waals surface area contributed by atoms with Crippen LogP contribution in [0.2, 0.25) is 0 Å². The van der Waals surface area contributed by atoms with Crippen LogP contribution in [0.3, 0.4) is 0 Å². The molecule has 0 unspecified atom stereocenters. The van der Waals surface area contributed by atoms with Crippen molar-refractivity contribution >= 4 is 19.6 Å². The maximum absolute atomic E-state index is 4.99. The Morgan fingerprint density at radius 2 is 1.50 bits per heavy atom. The fourth-order valence-electron chi connectivity index (χ4n) is 0. The molecule has 0 aliphatic heterocycles. The summed E-state index contributed by atoms with van der Waals surface area (Å²) in [5.41, 5.74) is 0.736. The number of thioether (sulfide) groups is 1. The molecular weight excluding hydrogens is 117 g/mol. The lowest BCUT2D eigenvalue weighted by Crippen LogP contribution is -1.99. The van der Waals surface area contributed by atoms with Gasteiger partial charge in [-0.25, -0.2) is 0 Å². The summed E-state index contributed by atoms with van der Waals surface area (Å²) < 4.78 is 0. The normalized spacial score (nSPS) is 8.12. The largest absolute Gasteiger partial charge is 0.312 e. The molecule has 2 radical (unpaired) electrons. The van der Waals surface area contributed by atoms with E-state index in [0.29, 0.717) is 0 Å². The molecule has 0 amide bonds. The van der Waals surface area contributed by atoms with Crippen LogP contribution >= 0.6 is 11.8 Å². The van der Waals surface area contributed by atoms with Gasteiger partial charge in [0.05, 0.1) is 7.85 Å². The first-order valence-electron chi connectivity index (χ1n) is 2.45.